The summed E-state index contributed by atoms with van der Waals surface area (Å²) in [6.07, 6.45) is 2.20. The van der Waals surface area contributed by atoms with Crippen LogP contribution >= 0.6 is 23.2 Å². The minimum atomic E-state index is 0.734. The second-order valence-electron chi connectivity index (χ2n) is 5.85. The topological polar surface area (TPSA) is 15.3 Å². The van der Waals surface area contributed by atoms with E-state index >= 15 is 0 Å². The standard InChI is InChI=1S/C21H16Cl2N2/c22-15-5-9-17(10-6-15)24-20-13-14-25(18-11-7-16(23)8-12-18)21-4-2-1-3-19(20)21/h1-13,24H,14H2. The molecule has 124 valence electrons. The zero-order chi connectivity index (χ0) is 17.2. The number of halogens is 2. The number of nitrogens with one attached hydrogen (secondary N) is 1. The largest absolute Gasteiger partial charge is 0.355 e. The van der Waals surface area contributed by atoms with Gasteiger partial charge in [0.2, 0.25) is 0 Å². The van der Waals surface area contributed by atoms with Crippen molar-refractivity contribution in [3.63, 3.8) is 0 Å². The number of fused-ring (bicyclic) bond motifs is 1. The quantitative estimate of drug-likeness (QED) is 0.561. The smallest absolute Gasteiger partial charge is 0.0508 e. The zero-order valence-electron chi connectivity index (χ0n) is 13.4. The Bertz CT molecular complexity index is 915. The van der Waals surface area contributed by atoms with E-state index in [4.69, 9.17) is 23.2 Å². The molecule has 0 fully saturated rings. The van der Waals surface area contributed by atoms with Crippen LogP contribution < -0.4 is 10.2 Å². The van der Waals surface area contributed by atoms with E-state index in [1.807, 2.05) is 48.5 Å². The summed E-state index contributed by atoms with van der Waals surface area (Å²) < 4.78 is 0. The number of hydrogen-bond acceptors (Lipinski definition) is 2. The fourth-order valence-corrected chi connectivity index (χ4v) is 3.25. The third kappa shape index (κ3) is 3.37. The molecule has 0 aromatic heterocycles. The van der Waals surface area contributed by atoms with E-state index in [-0.39, 0.29) is 0 Å². The van der Waals surface area contributed by atoms with Crippen LogP contribution in [0.25, 0.3) is 5.70 Å². The Kier molecular flexibility index (Phi) is 4.39. The number of benzene rings is 3. The fraction of sp³-hybridized carbons (Fsp3) is 0.0476. The second kappa shape index (κ2) is 6.83. The van der Waals surface area contributed by atoms with Gasteiger partial charge in [-0.05, 0) is 60.7 Å². The lowest BCUT2D eigenvalue weighted by Gasteiger charge is -2.31. The van der Waals surface area contributed by atoms with Gasteiger partial charge in [0, 0.05) is 39.2 Å². The van der Waals surface area contributed by atoms with Crippen LogP contribution in [0.2, 0.25) is 10.0 Å². The van der Waals surface area contributed by atoms with Gasteiger partial charge in [-0.2, -0.15) is 0 Å². The van der Waals surface area contributed by atoms with Crippen molar-refractivity contribution in [3.8, 4) is 0 Å². The van der Waals surface area contributed by atoms with Gasteiger partial charge in [-0.3, -0.25) is 0 Å². The molecule has 0 spiro atoms. The molecule has 1 heterocycles. The Balaban J connectivity index is 1.68. The van der Waals surface area contributed by atoms with Gasteiger partial charge >= 0.3 is 0 Å². The highest BCUT2D eigenvalue weighted by atomic mass is 35.5. The molecular formula is C21H16Cl2N2. The molecule has 1 aliphatic heterocycles. The lowest BCUT2D eigenvalue weighted by Crippen LogP contribution is -2.23. The molecular weight excluding hydrogens is 351 g/mol. The predicted molar refractivity (Wildman–Crippen MR) is 108 cm³/mol. The Morgan fingerprint density at radius 3 is 2.12 bits per heavy atom. The van der Waals surface area contributed by atoms with Gasteiger partial charge in [-0.25, -0.2) is 0 Å². The average Bonchev–Trinajstić information content (AvgIpc) is 2.65. The normalized spacial score (nSPS) is 13.2. The van der Waals surface area contributed by atoms with Gasteiger partial charge in [0.15, 0.2) is 0 Å². The first-order valence-corrected chi connectivity index (χ1v) is 8.81. The van der Waals surface area contributed by atoms with Crippen LogP contribution in [0.15, 0.2) is 78.9 Å². The van der Waals surface area contributed by atoms with Crippen molar-refractivity contribution in [2.45, 2.75) is 0 Å². The molecule has 4 rings (SSSR count). The highest BCUT2D eigenvalue weighted by molar-refractivity contribution is 6.30. The minimum Gasteiger partial charge on any atom is -0.355 e. The summed E-state index contributed by atoms with van der Waals surface area (Å²) >= 11 is 12.0. The minimum absolute atomic E-state index is 0.734. The first-order valence-electron chi connectivity index (χ1n) is 8.06. The first-order chi connectivity index (χ1) is 12.2. The molecule has 1 N–H and O–H groups in total. The zero-order valence-corrected chi connectivity index (χ0v) is 14.9. The van der Waals surface area contributed by atoms with Crippen LogP contribution in [0, 0.1) is 0 Å². The molecule has 25 heavy (non-hydrogen) atoms. The van der Waals surface area contributed by atoms with Crippen LogP contribution in [0.4, 0.5) is 17.1 Å². The van der Waals surface area contributed by atoms with Crippen molar-refractivity contribution in [1.82, 2.24) is 0 Å². The molecule has 0 saturated carbocycles. The number of para-hydroxylation sites is 1. The monoisotopic (exact) mass is 366 g/mol. The van der Waals surface area contributed by atoms with E-state index in [9.17, 15) is 0 Å². The fourth-order valence-electron chi connectivity index (χ4n) is 3.00. The van der Waals surface area contributed by atoms with E-state index in [1.54, 1.807) is 0 Å². The summed E-state index contributed by atoms with van der Waals surface area (Å²) in [6, 6.07) is 24.1. The third-order valence-corrected chi connectivity index (χ3v) is 4.73. The Morgan fingerprint density at radius 1 is 0.760 bits per heavy atom. The van der Waals surface area contributed by atoms with Crippen LogP contribution in [0.3, 0.4) is 0 Å². The van der Waals surface area contributed by atoms with Crippen LogP contribution in [-0.2, 0) is 0 Å². The van der Waals surface area contributed by atoms with Gasteiger partial charge in [0.05, 0.1) is 5.69 Å². The summed E-state index contributed by atoms with van der Waals surface area (Å²) in [7, 11) is 0. The molecule has 0 saturated heterocycles. The molecule has 0 atom stereocenters. The molecule has 4 heteroatoms. The SMILES string of the molecule is Clc1ccc(NC2=CCN(c3ccc(Cl)cc3)c3ccccc32)cc1. The molecule has 0 radical (unpaired) electrons. The van der Waals surface area contributed by atoms with Crippen molar-refractivity contribution in [1.29, 1.82) is 0 Å². The summed E-state index contributed by atoms with van der Waals surface area (Å²) in [5, 5.41) is 4.98. The highest BCUT2D eigenvalue weighted by Crippen LogP contribution is 2.36. The van der Waals surface area contributed by atoms with E-state index in [2.05, 4.69) is 40.6 Å². The number of rotatable bonds is 3. The Labute approximate surface area is 157 Å². The molecule has 0 aliphatic carbocycles. The van der Waals surface area contributed by atoms with E-state index in [0.29, 0.717) is 0 Å². The van der Waals surface area contributed by atoms with Crippen LogP contribution in [0.5, 0.6) is 0 Å². The molecule has 3 aromatic carbocycles. The maximum Gasteiger partial charge on any atom is 0.0508 e. The van der Waals surface area contributed by atoms with E-state index in [0.717, 1.165) is 33.7 Å². The maximum absolute atomic E-state index is 6.03. The summed E-state index contributed by atoms with van der Waals surface area (Å²) in [5.41, 5.74) is 5.58. The molecule has 0 unspecified atom stereocenters. The molecule has 0 amide bonds. The van der Waals surface area contributed by atoms with Gasteiger partial charge in [-0.15, -0.1) is 0 Å². The third-order valence-electron chi connectivity index (χ3n) is 4.22. The Morgan fingerprint density at radius 2 is 1.40 bits per heavy atom. The van der Waals surface area contributed by atoms with Crippen molar-refractivity contribution >= 4 is 46.0 Å². The number of anilines is 3. The van der Waals surface area contributed by atoms with E-state index in [1.165, 1.54) is 11.3 Å². The van der Waals surface area contributed by atoms with E-state index < -0.39 is 0 Å². The summed E-state index contributed by atoms with van der Waals surface area (Å²) in [6.45, 7) is 0.786. The van der Waals surface area contributed by atoms with Gasteiger partial charge in [-0.1, -0.05) is 41.4 Å². The van der Waals surface area contributed by atoms with Crippen LogP contribution in [-0.4, -0.2) is 6.54 Å². The van der Waals surface area contributed by atoms with Gasteiger partial charge < -0.3 is 10.2 Å². The lowest BCUT2D eigenvalue weighted by atomic mass is 10.0. The van der Waals surface area contributed by atoms with Crippen LogP contribution in [0.1, 0.15) is 5.56 Å². The average molecular weight is 367 g/mol. The van der Waals surface area contributed by atoms with Crippen molar-refractivity contribution in [2.24, 2.45) is 0 Å². The molecule has 1 aliphatic rings. The number of hydrogen-bond donors (Lipinski definition) is 1. The van der Waals surface area contributed by atoms with Crippen molar-refractivity contribution in [2.75, 3.05) is 16.8 Å². The summed E-state index contributed by atoms with van der Waals surface area (Å²) in [4.78, 5) is 2.28. The molecule has 2 nitrogen and oxygen atoms in total. The van der Waals surface area contributed by atoms with Crippen molar-refractivity contribution in [3.05, 3.63) is 94.5 Å². The highest BCUT2D eigenvalue weighted by Gasteiger charge is 2.19. The first kappa shape index (κ1) is 16.1. The predicted octanol–water partition coefficient (Wildman–Crippen LogP) is 6.60. The number of nitrogens with zero attached hydrogens (tertiary/aromatic N) is 1. The summed E-state index contributed by atoms with van der Waals surface area (Å²) in [5.74, 6) is 0. The lowest BCUT2D eigenvalue weighted by molar-refractivity contribution is 1.07. The van der Waals surface area contributed by atoms with Crippen molar-refractivity contribution < 1.29 is 0 Å². The molecule has 0 bridgehead atoms. The molecule has 3 aromatic rings. The van der Waals surface area contributed by atoms with Gasteiger partial charge in [0.1, 0.15) is 0 Å². The maximum atomic E-state index is 6.03. The van der Waals surface area contributed by atoms with Gasteiger partial charge in [0.25, 0.3) is 0 Å². The second-order valence-corrected chi connectivity index (χ2v) is 6.73. The Hall–Kier alpha value is -2.42.